The first-order valence-electron chi connectivity index (χ1n) is 8.43. The van der Waals surface area contributed by atoms with Crippen molar-refractivity contribution in [2.45, 2.75) is 6.42 Å². The van der Waals surface area contributed by atoms with Crippen LogP contribution in [0.5, 0.6) is 5.75 Å². The maximum absolute atomic E-state index is 14.3. The molecule has 3 aromatic rings. The topological polar surface area (TPSA) is 73.4 Å². The molecule has 5 nitrogen and oxygen atoms in total. The molecule has 0 atom stereocenters. The van der Waals surface area contributed by atoms with Crippen molar-refractivity contribution in [3.8, 4) is 5.75 Å². The van der Waals surface area contributed by atoms with Crippen molar-refractivity contribution in [2.75, 3.05) is 12.8 Å². The Kier molecular flexibility index (Phi) is 4.38. The van der Waals surface area contributed by atoms with E-state index in [1.165, 1.54) is 6.07 Å². The van der Waals surface area contributed by atoms with Gasteiger partial charge < -0.3 is 10.5 Å². The first-order valence-corrected chi connectivity index (χ1v) is 8.43. The molecule has 0 aliphatic carbocycles. The average Bonchev–Trinajstić information content (AvgIpc) is 3.14. The smallest absolute Gasteiger partial charge is 0.166 e. The summed E-state index contributed by atoms with van der Waals surface area (Å²) < 4.78 is 19.6. The van der Waals surface area contributed by atoms with Crippen molar-refractivity contribution in [1.29, 1.82) is 0 Å². The Hall–Kier alpha value is -3.54. The molecule has 6 heteroatoms. The Morgan fingerprint density at radius 3 is 2.59 bits per heavy atom. The minimum Gasteiger partial charge on any atom is -0.493 e. The van der Waals surface area contributed by atoms with E-state index in [1.807, 2.05) is 18.2 Å². The number of pyridine rings is 2. The van der Waals surface area contributed by atoms with Crippen LogP contribution in [0.25, 0.3) is 11.3 Å². The van der Waals surface area contributed by atoms with Crippen LogP contribution in [0.15, 0.2) is 66.0 Å². The zero-order chi connectivity index (χ0) is 18.8. The quantitative estimate of drug-likeness (QED) is 0.764. The molecule has 4 rings (SSSR count). The fourth-order valence-corrected chi connectivity index (χ4v) is 3.11. The molecule has 2 aromatic heterocycles. The third-order valence-electron chi connectivity index (χ3n) is 4.47. The second kappa shape index (κ2) is 6.99. The number of halogens is 1. The van der Waals surface area contributed by atoms with Crippen molar-refractivity contribution in [3.63, 3.8) is 0 Å². The molecule has 134 valence electrons. The summed E-state index contributed by atoms with van der Waals surface area (Å²) in [5.74, 6) is 0.522. The number of allylic oxidation sites excluding steroid dienone is 1. The monoisotopic (exact) mass is 360 g/mol. The van der Waals surface area contributed by atoms with Crippen LogP contribution in [0.3, 0.4) is 0 Å². The fourth-order valence-electron chi connectivity index (χ4n) is 3.11. The molecule has 1 aliphatic rings. The summed E-state index contributed by atoms with van der Waals surface area (Å²) in [7, 11) is 1.55. The third-order valence-corrected chi connectivity index (χ3v) is 4.47. The minimum absolute atomic E-state index is 0.292. The highest BCUT2D eigenvalue weighted by Crippen LogP contribution is 2.38. The molecule has 1 aliphatic heterocycles. The highest BCUT2D eigenvalue weighted by molar-refractivity contribution is 6.17. The minimum atomic E-state index is -0.292. The van der Waals surface area contributed by atoms with Gasteiger partial charge in [0.15, 0.2) is 11.6 Å². The maximum Gasteiger partial charge on any atom is 0.166 e. The molecule has 0 spiro atoms. The predicted molar refractivity (Wildman–Crippen MR) is 104 cm³/mol. The molecule has 0 radical (unpaired) electrons. The molecule has 0 fully saturated rings. The number of nitrogens with zero attached hydrogens (tertiary/aromatic N) is 3. The summed E-state index contributed by atoms with van der Waals surface area (Å²) in [6.07, 6.45) is 5.58. The van der Waals surface area contributed by atoms with Gasteiger partial charge in [0.2, 0.25) is 0 Å². The first kappa shape index (κ1) is 16.9. The molecular weight excluding hydrogens is 343 g/mol. The van der Waals surface area contributed by atoms with Crippen LogP contribution in [0.4, 0.5) is 10.2 Å². The van der Waals surface area contributed by atoms with E-state index in [-0.39, 0.29) is 5.82 Å². The van der Waals surface area contributed by atoms with Crippen molar-refractivity contribution in [3.05, 3.63) is 83.6 Å². The molecule has 3 heterocycles. The molecule has 0 bridgehead atoms. The van der Waals surface area contributed by atoms with Gasteiger partial charge in [0.1, 0.15) is 5.82 Å². The highest BCUT2D eigenvalue weighted by Gasteiger charge is 2.24. The Bertz CT molecular complexity index is 1060. The molecule has 0 amide bonds. The Labute approximate surface area is 156 Å². The molecule has 0 saturated heterocycles. The normalized spacial score (nSPS) is 13.6. The molecule has 27 heavy (non-hydrogen) atoms. The van der Waals surface area contributed by atoms with Crippen LogP contribution in [-0.4, -0.2) is 22.8 Å². The Morgan fingerprint density at radius 1 is 1.07 bits per heavy atom. The summed E-state index contributed by atoms with van der Waals surface area (Å²) in [4.78, 5) is 13.0. The standard InChI is InChI=1S/C21H17FN4O/c1-27-19-10-14(12-25-21(19)23)16-11-18(15-4-2-3-5-17(15)22)26-20(16)13-6-8-24-9-7-13/h2-10,12H,11H2,1H3,(H2,23,25). The molecule has 0 unspecified atom stereocenters. The lowest BCUT2D eigenvalue weighted by Gasteiger charge is -2.10. The van der Waals surface area contributed by atoms with Gasteiger partial charge in [-0.1, -0.05) is 18.2 Å². The van der Waals surface area contributed by atoms with E-state index in [9.17, 15) is 4.39 Å². The number of anilines is 1. The number of benzene rings is 1. The van der Waals surface area contributed by atoms with Gasteiger partial charge in [-0.05, 0) is 29.8 Å². The van der Waals surface area contributed by atoms with Crippen LogP contribution in [0.2, 0.25) is 0 Å². The van der Waals surface area contributed by atoms with Gasteiger partial charge in [0.25, 0.3) is 0 Å². The van der Waals surface area contributed by atoms with Crippen LogP contribution in [0.1, 0.15) is 23.1 Å². The van der Waals surface area contributed by atoms with Crippen LogP contribution >= 0.6 is 0 Å². The van der Waals surface area contributed by atoms with Crippen molar-refractivity contribution in [2.24, 2.45) is 4.99 Å². The summed E-state index contributed by atoms with van der Waals surface area (Å²) >= 11 is 0. The third kappa shape index (κ3) is 3.17. The van der Waals surface area contributed by atoms with E-state index in [0.717, 1.165) is 22.4 Å². The van der Waals surface area contributed by atoms with Crippen LogP contribution in [-0.2, 0) is 0 Å². The Balaban J connectivity index is 1.84. The number of aliphatic imine (C=N–C) groups is 1. The van der Waals surface area contributed by atoms with E-state index >= 15 is 0 Å². The molecular formula is C21H17FN4O. The summed E-state index contributed by atoms with van der Waals surface area (Å²) in [6, 6.07) is 12.2. The van der Waals surface area contributed by atoms with Crippen molar-refractivity contribution in [1.82, 2.24) is 9.97 Å². The SMILES string of the molecule is COc1cc(C2=C(c3ccncc3)N=C(c3ccccc3F)C2)cnc1N. The average molecular weight is 360 g/mol. The summed E-state index contributed by atoms with van der Waals surface area (Å²) in [5, 5.41) is 0. The zero-order valence-corrected chi connectivity index (χ0v) is 14.7. The van der Waals surface area contributed by atoms with Crippen LogP contribution < -0.4 is 10.5 Å². The Morgan fingerprint density at radius 2 is 1.85 bits per heavy atom. The van der Waals surface area contributed by atoms with Gasteiger partial charge in [0.05, 0.1) is 18.5 Å². The number of methoxy groups -OCH3 is 1. The summed E-state index contributed by atoms with van der Waals surface area (Å²) in [6.45, 7) is 0. The van der Waals surface area contributed by atoms with Gasteiger partial charge in [-0.3, -0.25) is 9.98 Å². The van der Waals surface area contributed by atoms with E-state index < -0.39 is 0 Å². The zero-order valence-electron chi connectivity index (χ0n) is 14.7. The predicted octanol–water partition coefficient (Wildman–Crippen LogP) is 3.97. The van der Waals surface area contributed by atoms with Gasteiger partial charge in [-0.15, -0.1) is 0 Å². The van der Waals surface area contributed by atoms with Crippen LogP contribution in [0, 0.1) is 5.82 Å². The lowest BCUT2D eigenvalue weighted by molar-refractivity contribution is 0.415. The maximum atomic E-state index is 14.3. The lowest BCUT2D eigenvalue weighted by Crippen LogP contribution is -2.02. The van der Waals surface area contributed by atoms with Gasteiger partial charge in [0, 0.05) is 41.7 Å². The first-order chi connectivity index (χ1) is 13.2. The number of ether oxygens (including phenoxy) is 1. The number of nitrogen functional groups attached to an aromatic ring is 1. The molecule has 2 N–H and O–H groups in total. The van der Waals surface area contributed by atoms with Gasteiger partial charge in [-0.2, -0.15) is 0 Å². The van der Waals surface area contributed by atoms with E-state index in [1.54, 1.807) is 43.9 Å². The van der Waals surface area contributed by atoms with Crippen molar-refractivity contribution >= 4 is 22.8 Å². The number of rotatable bonds is 4. The second-order valence-electron chi connectivity index (χ2n) is 6.09. The van der Waals surface area contributed by atoms with Gasteiger partial charge >= 0.3 is 0 Å². The number of aromatic nitrogens is 2. The van der Waals surface area contributed by atoms with E-state index in [2.05, 4.69) is 9.97 Å². The lowest BCUT2D eigenvalue weighted by atomic mass is 9.97. The number of hydrogen-bond acceptors (Lipinski definition) is 5. The highest BCUT2D eigenvalue weighted by atomic mass is 19.1. The molecule has 1 aromatic carbocycles. The fraction of sp³-hybridized carbons (Fsp3) is 0.0952. The summed E-state index contributed by atoms with van der Waals surface area (Å²) in [5.41, 5.74) is 10.5. The number of hydrogen-bond donors (Lipinski definition) is 1. The second-order valence-corrected chi connectivity index (χ2v) is 6.09. The number of nitrogens with two attached hydrogens (primary N) is 1. The van der Waals surface area contributed by atoms with Gasteiger partial charge in [-0.25, -0.2) is 9.37 Å². The molecule has 0 saturated carbocycles. The largest absolute Gasteiger partial charge is 0.493 e. The van der Waals surface area contributed by atoms with E-state index in [0.29, 0.717) is 29.3 Å². The van der Waals surface area contributed by atoms with E-state index in [4.69, 9.17) is 15.5 Å². The van der Waals surface area contributed by atoms with Crippen molar-refractivity contribution < 1.29 is 9.13 Å².